The van der Waals surface area contributed by atoms with Crippen LogP contribution in [0.3, 0.4) is 0 Å². The minimum absolute atomic E-state index is 0.179. The fourth-order valence-corrected chi connectivity index (χ4v) is 4.64. The summed E-state index contributed by atoms with van der Waals surface area (Å²) in [6.45, 7) is 3.89. The molecule has 0 amide bonds. The van der Waals surface area contributed by atoms with Crippen LogP contribution in [0.2, 0.25) is 5.02 Å². The lowest BCUT2D eigenvalue weighted by atomic mass is 10.3. The molecular weight excluding hydrogens is 384 g/mol. The zero-order valence-corrected chi connectivity index (χ0v) is 16.3. The first-order valence-electron chi connectivity index (χ1n) is 9.15. The largest absolute Gasteiger partial charge is 0.365 e. The van der Waals surface area contributed by atoms with E-state index in [1.165, 1.54) is 17.5 Å². The lowest BCUT2D eigenvalue weighted by Gasteiger charge is -2.36. The highest BCUT2D eigenvalue weighted by Gasteiger charge is 2.26. The van der Waals surface area contributed by atoms with Crippen LogP contribution in [0.15, 0.2) is 29.5 Å². The molecule has 0 spiro atoms. The maximum Gasteiger partial charge on any atom is 0.287 e. The topological polar surface area (TPSA) is 67.2 Å². The van der Waals surface area contributed by atoms with E-state index in [1.807, 2.05) is 6.07 Å². The molecule has 140 valence electrons. The van der Waals surface area contributed by atoms with Crippen molar-refractivity contribution >= 4 is 44.0 Å². The quantitative estimate of drug-likeness (QED) is 0.668. The smallest absolute Gasteiger partial charge is 0.287 e. The number of fused-ring (bicyclic) bond motifs is 1. The first kappa shape index (κ1) is 16.9. The molecule has 0 aromatic carbocycles. The van der Waals surface area contributed by atoms with E-state index >= 15 is 0 Å². The molecule has 0 unspecified atom stereocenters. The van der Waals surface area contributed by atoms with E-state index in [0.717, 1.165) is 47.2 Å². The summed E-state index contributed by atoms with van der Waals surface area (Å²) >= 11 is 8.08. The molecule has 0 N–H and O–H groups in total. The van der Waals surface area contributed by atoms with Gasteiger partial charge in [-0.05, 0) is 24.8 Å². The number of piperazine rings is 1. The molecule has 1 aliphatic carbocycles. The second kappa shape index (κ2) is 6.76. The Morgan fingerprint density at radius 1 is 1.15 bits per heavy atom. The Labute approximate surface area is 165 Å². The minimum Gasteiger partial charge on any atom is -0.365 e. The molecule has 7 nitrogen and oxygen atoms in total. The van der Waals surface area contributed by atoms with Gasteiger partial charge in [0.2, 0.25) is 0 Å². The van der Waals surface area contributed by atoms with Gasteiger partial charge in [-0.3, -0.25) is 9.78 Å². The molecule has 0 bridgehead atoms. The maximum absolute atomic E-state index is 12.5. The summed E-state index contributed by atoms with van der Waals surface area (Å²) in [5.41, 5.74) is 1.50. The summed E-state index contributed by atoms with van der Waals surface area (Å²) < 4.78 is 2.66. The maximum atomic E-state index is 12.5. The van der Waals surface area contributed by atoms with Crippen molar-refractivity contribution in [3.8, 4) is 0 Å². The van der Waals surface area contributed by atoms with Gasteiger partial charge in [-0.1, -0.05) is 22.9 Å². The van der Waals surface area contributed by atoms with Crippen LogP contribution < -0.4 is 15.4 Å². The summed E-state index contributed by atoms with van der Waals surface area (Å²) in [5.74, 6) is 0.588. The van der Waals surface area contributed by atoms with Gasteiger partial charge >= 0.3 is 0 Å². The van der Waals surface area contributed by atoms with Crippen molar-refractivity contribution in [1.29, 1.82) is 0 Å². The van der Waals surface area contributed by atoms with E-state index < -0.39 is 0 Å². The number of hydrogen-bond donors (Lipinski definition) is 0. The molecule has 1 aliphatic heterocycles. The Bertz CT molecular complexity index is 1000. The van der Waals surface area contributed by atoms with Crippen LogP contribution >= 0.6 is 22.9 Å². The summed E-state index contributed by atoms with van der Waals surface area (Å²) in [5, 5.41) is 5.65. The van der Waals surface area contributed by atoms with Crippen LogP contribution in [0.25, 0.3) is 10.2 Å². The van der Waals surface area contributed by atoms with E-state index in [0.29, 0.717) is 12.5 Å². The van der Waals surface area contributed by atoms with Gasteiger partial charge in [0.05, 0.1) is 22.8 Å². The zero-order chi connectivity index (χ0) is 18.4. The van der Waals surface area contributed by atoms with Gasteiger partial charge in [0, 0.05) is 38.9 Å². The van der Waals surface area contributed by atoms with Gasteiger partial charge in [-0.25, -0.2) is 9.67 Å². The fraction of sp³-hybridized carbons (Fsp3) is 0.444. The number of halogens is 1. The molecule has 2 fully saturated rings. The number of nitrogens with zero attached hydrogens (tertiary/aromatic N) is 6. The third-order valence-electron chi connectivity index (χ3n) is 5.16. The van der Waals surface area contributed by atoms with Crippen molar-refractivity contribution < 1.29 is 0 Å². The molecule has 1 saturated heterocycles. The monoisotopic (exact) mass is 402 g/mol. The summed E-state index contributed by atoms with van der Waals surface area (Å²) in [6, 6.07) is 1.99. The normalized spacial score (nSPS) is 17.7. The molecule has 3 aromatic heterocycles. The molecule has 5 rings (SSSR count). The third kappa shape index (κ3) is 3.27. The highest BCUT2D eigenvalue weighted by atomic mass is 35.5. The summed E-state index contributed by atoms with van der Waals surface area (Å²) in [6.07, 6.45) is 7.69. The molecule has 0 radical (unpaired) electrons. The second-order valence-corrected chi connectivity index (χ2v) is 8.48. The zero-order valence-electron chi connectivity index (χ0n) is 14.7. The highest BCUT2D eigenvalue weighted by Crippen LogP contribution is 2.31. The van der Waals surface area contributed by atoms with Crippen LogP contribution in [0.5, 0.6) is 0 Å². The first-order chi connectivity index (χ1) is 13.2. The van der Waals surface area contributed by atoms with Crippen LogP contribution in [0, 0.1) is 5.92 Å². The molecule has 9 heteroatoms. The highest BCUT2D eigenvalue weighted by molar-refractivity contribution is 7.22. The predicted molar refractivity (Wildman–Crippen MR) is 108 cm³/mol. The summed E-state index contributed by atoms with van der Waals surface area (Å²) in [4.78, 5) is 25.7. The first-order valence-corrected chi connectivity index (χ1v) is 10.3. The lowest BCUT2D eigenvalue weighted by molar-refractivity contribution is 0.532. The number of aromatic nitrogens is 4. The second-order valence-electron chi connectivity index (χ2n) is 7.09. The van der Waals surface area contributed by atoms with Gasteiger partial charge in [0.1, 0.15) is 10.5 Å². The number of thiazole rings is 1. The third-order valence-corrected chi connectivity index (χ3v) is 6.62. The van der Waals surface area contributed by atoms with E-state index in [9.17, 15) is 4.79 Å². The Balaban J connectivity index is 1.31. The van der Waals surface area contributed by atoms with Crippen molar-refractivity contribution in [3.05, 3.63) is 40.0 Å². The van der Waals surface area contributed by atoms with E-state index in [1.54, 1.807) is 29.9 Å². The van der Waals surface area contributed by atoms with Gasteiger partial charge in [-0.2, -0.15) is 5.10 Å². The Hall–Kier alpha value is -2.19. The van der Waals surface area contributed by atoms with Gasteiger partial charge < -0.3 is 9.80 Å². The van der Waals surface area contributed by atoms with Gasteiger partial charge in [-0.15, -0.1) is 0 Å². The fourth-order valence-electron chi connectivity index (χ4n) is 3.39. The molecule has 0 atom stereocenters. The standard InChI is InChI=1S/C18H19ClN6OS/c19-16-14(10-21-25(17(16)26)11-12-1-2-12)23-5-7-24(8-6-23)18-22-13-9-20-4-3-15(13)27-18/h3-4,9-10,12H,1-2,5-8,11H2. The van der Waals surface area contributed by atoms with Crippen LogP contribution in [0.1, 0.15) is 12.8 Å². The van der Waals surface area contributed by atoms with Gasteiger partial charge in [0.25, 0.3) is 5.56 Å². The van der Waals surface area contributed by atoms with Crippen molar-refractivity contribution in [2.75, 3.05) is 36.0 Å². The molecule has 4 heterocycles. The minimum atomic E-state index is -0.179. The number of anilines is 2. The van der Waals surface area contributed by atoms with Crippen molar-refractivity contribution in [2.24, 2.45) is 5.92 Å². The molecule has 1 saturated carbocycles. The van der Waals surface area contributed by atoms with Gasteiger partial charge in [0.15, 0.2) is 5.13 Å². The van der Waals surface area contributed by atoms with E-state index in [4.69, 9.17) is 11.6 Å². The van der Waals surface area contributed by atoms with Crippen LogP contribution in [0.4, 0.5) is 10.8 Å². The molecule has 27 heavy (non-hydrogen) atoms. The van der Waals surface area contributed by atoms with Crippen molar-refractivity contribution in [2.45, 2.75) is 19.4 Å². The van der Waals surface area contributed by atoms with Crippen molar-refractivity contribution in [3.63, 3.8) is 0 Å². The predicted octanol–water partition coefficient (Wildman–Crippen LogP) is 2.64. The average Bonchev–Trinajstić information content (AvgIpc) is 3.41. The SMILES string of the molecule is O=c1c(Cl)c(N2CCN(c3nc4cnccc4s3)CC2)cnn1CC1CC1. The molecule has 2 aliphatic rings. The number of pyridine rings is 1. The summed E-state index contributed by atoms with van der Waals surface area (Å²) in [7, 11) is 0. The Morgan fingerprint density at radius 2 is 1.93 bits per heavy atom. The van der Waals surface area contributed by atoms with Crippen LogP contribution in [-0.2, 0) is 6.54 Å². The molecular formula is C18H19ClN6OS. The number of rotatable bonds is 4. The van der Waals surface area contributed by atoms with Crippen molar-refractivity contribution in [1.82, 2.24) is 19.7 Å². The Kier molecular flexibility index (Phi) is 4.24. The van der Waals surface area contributed by atoms with E-state index in [-0.39, 0.29) is 10.6 Å². The number of hydrogen-bond acceptors (Lipinski definition) is 7. The lowest BCUT2D eigenvalue weighted by Crippen LogP contribution is -2.47. The molecule has 3 aromatic rings. The average molecular weight is 403 g/mol. The van der Waals surface area contributed by atoms with Crippen LogP contribution in [-0.4, -0.2) is 45.9 Å². The van der Waals surface area contributed by atoms with E-state index in [2.05, 4.69) is 24.9 Å². The Morgan fingerprint density at radius 3 is 2.67 bits per heavy atom.